The maximum absolute atomic E-state index is 12.6. The first-order valence-electron chi connectivity index (χ1n) is 8.47. The fraction of sp³-hybridized carbons (Fsp3) is 0.526. The molecule has 1 aromatic rings. The summed E-state index contributed by atoms with van der Waals surface area (Å²) < 4.78 is 5.49. The van der Waals surface area contributed by atoms with Crippen molar-refractivity contribution in [1.29, 1.82) is 0 Å². The monoisotopic (exact) mass is 317 g/mol. The number of benzene rings is 1. The number of carbonyl (C=O) groups excluding carboxylic acids is 1. The van der Waals surface area contributed by atoms with Crippen molar-refractivity contribution >= 4 is 6.09 Å². The van der Waals surface area contributed by atoms with Crippen LogP contribution in [0.1, 0.15) is 44.6 Å². The first-order valence-corrected chi connectivity index (χ1v) is 8.47. The lowest BCUT2D eigenvalue weighted by Crippen LogP contribution is -2.46. The second-order valence-electron chi connectivity index (χ2n) is 6.11. The number of aliphatic hydroxyl groups is 1. The summed E-state index contributed by atoms with van der Waals surface area (Å²) in [7, 11) is 0. The van der Waals surface area contributed by atoms with Gasteiger partial charge in [0.15, 0.2) is 0 Å². The maximum atomic E-state index is 12.6. The molecule has 1 saturated heterocycles. The number of nitrogens with zero attached hydrogens (tertiary/aromatic N) is 1. The molecule has 1 heterocycles. The van der Waals surface area contributed by atoms with Crippen LogP contribution in [0.3, 0.4) is 0 Å². The summed E-state index contributed by atoms with van der Waals surface area (Å²) in [6, 6.07) is 9.57. The molecule has 0 bridgehead atoms. The van der Waals surface area contributed by atoms with Crippen molar-refractivity contribution in [3.63, 3.8) is 0 Å². The van der Waals surface area contributed by atoms with Gasteiger partial charge in [-0.3, -0.25) is 4.90 Å². The third-order valence-electron chi connectivity index (χ3n) is 4.49. The van der Waals surface area contributed by atoms with E-state index in [0.29, 0.717) is 0 Å². The number of hydrogen-bond donors (Lipinski definition) is 1. The summed E-state index contributed by atoms with van der Waals surface area (Å²) in [4.78, 5) is 14.3. The van der Waals surface area contributed by atoms with E-state index in [1.807, 2.05) is 30.3 Å². The number of rotatable bonds is 7. The van der Waals surface area contributed by atoms with Crippen molar-refractivity contribution < 1.29 is 14.6 Å². The van der Waals surface area contributed by atoms with E-state index in [2.05, 4.69) is 13.5 Å². The third-order valence-corrected chi connectivity index (χ3v) is 4.49. The molecule has 0 aromatic heterocycles. The number of unbranched alkanes of at least 4 members (excludes halogenated alkanes) is 1. The number of ether oxygens (including phenoxy) is 1. The largest absolute Gasteiger partial charge is 0.445 e. The molecule has 2 rings (SSSR count). The Morgan fingerprint density at radius 1 is 1.43 bits per heavy atom. The van der Waals surface area contributed by atoms with E-state index in [0.717, 1.165) is 37.7 Å². The first-order chi connectivity index (χ1) is 11.2. The summed E-state index contributed by atoms with van der Waals surface area (Å²) >= 11 is 0. The molecule has 1 fully saturated rings. The number of amides is 1. The lowest BCUT2D eigenvalue weighted by atomic mass is 10.1. The van der Waals surface area contributed by atoms with Crippen molar-refractivity contribution in [2.75, 3.05) is 0 Å². The third kappa shape index (κ3) is 4.58. The van der Waals surface area contributed by atoms with E-state index in [4.69, 9.17) is 4.74 Å². The Kier molecular flexibility index (Phi) is 6.66. The highest BCUT2D eigenvalue weighted by molar-refractivity contribution is 5.69. The molecule has 1 amide bonds. The van der Waals surface area contributed by atoms with E-state index < -0.39 is 6.10 Å². The Balaban J connectivity index is 2.02. The molecular formula is C19H27NO3. The molecule has 1 N–H and O–H groups in total. The molecule has 0 radical (unpaired) electrons. The minimum Gasteiger partial charge on any atom is -0.445 e. The normalized spacial score (nSPS) is 21.9. The molecule has 126 valence electrons. The minimum absolute atomic E-state index is 0.151. The van der Waals surface area contributed by atoms with Gasteiger partial charge in [0.25, 0.3) is 0 Å². The molecule has 4 heteroatoms. The molecule has 3 atom stereocenters. The van der Waals surface area contributed by atoms with Crippen LogP contribution >= 0.6 is 0 Å². The standard InChI is InChI=1S/C19H27NO3/c1-3-5-11-16-12-13-17(18(21)4-2)20(16)19(22)23-14-15-9-7-6-8-10-15/h4,6-10,16-18,21H,2-3,5,11-14H2,1H3/t16-,17-,18-/m0/s1. The van der Waals surface area contributed by atoms with Crippen molar-refractivity contribution in [3.8, 4) is 0 Å². The first kappa shape index (κ1) is 17.5. The van der Waals surface area contributed by atoms with E-state index in [9.17, 15) is 9.90 Å². The van der Waals surface area contributed by atoms with Gasteiger partial charge >= 0.3 is 6.09 Å². The Labute approximate surface area is 138 Å². The average Bonchev–Trinajstić information content (AvgIpc) is 3.02. The van der Waals surface area contributed by atoms with Crippen molar-refractivity contribution in [2.24, 2.45) is 0 Å². The molecule has 1 aliphatic heterocycles. The van der Waals surface area contributed by atoms with Crippen LogP contribution < -0.4 is 0 Å². The highest BCUT2D eigenvalue weighted by Crippen LogP contribution is 2.30. The molecule has 23 heavy (non-hydrogen) atoms. The van der Waals surface area contributed by atoms with E-state index >= 15 is 0 Å². The van der Waals surface area contributed by atoms with Crippen LogP contribution in [0.15, 0.2) is 43.0 Å². The summed E-state index contributed by atoms with van der Waals surface area (Å²) in [5, 5.41) is 10.1. The summed E-state index contributed by atoms with van der Waals surface area (Å²) in [6.45, 7) is 6.05. The van der Waals surface area contributed by atoms with Gasteiger partial charge in [0.05, 0.1) is 12.1 Å². The quantitative estimate of drug-likeness (QED) is 0.776. The van der Waals surface area contributed by atoms with Crippen molar-refractivity contribution in [3.05, 3.63) is 48.6 Å². The minimum atomic E-state index is -0.703. The highest BCUT2D eigenvalue weighted by atomic mass is 16.6. The zero-order valence-electron chi connectivity index (χ0n) is 13.9. The molecular weight excluding hydrogens is 290 g/mol. The molecule has 0 spiro atoms. The van der Waals surface area contributed by atoms with Crippen LogP contribution in [-0.4, -0.2) is 34.3 Å². The van der Waals surface area contributed by atoms with E-state index in [1.54, 1.807) is 4.90 Å². The predicted molar refractivity (Wildman–Crippen MR) is 91.0 cm³/mol. The number of aliphatic hydroxyl groups excluding tert-OH is 1. The zero-order chi connectivity index (χ0) is 16.7. The van der Waals surface area contributed by atoms with Gasteiger partial charge in [-0.25, -0.2) is 4.79 Å². The van der Waals surface area contributed by atoms with Gasteiger partial charge in [0.2, 0.25) is 0 Å². The Bertz CT molecular complexity index is 503. The molecule has 0 aliphatic carbocycles. The number of likely N-dealkylation sites (tertiary alicyclic amines) is 1. The van der Waals surface area contributed by atoms with E-state index in [-0.39, 0.29) is 24.8 Å². The maximum Gasteiger partial charge on any atom is 0.410 e. The average molecular weight is 317 g/mol. The number of hydrogen-bond acceptors (Lipinski definition) is 3. The fourth-order valence-electron chi connectivity index (χ4n) is 3.21. The van der Waals surface area contributed by atoms with Gasteiger partial charge in [-0.15, -0.1) is 6.58 Å². The Hall–Kier alpha value is -1.81. The molecule has 1 aromatic carbocycles. The van der Waals surface area contributed by atoms with E-state index in [1.165, 1.54) is 6.08 Å². The smallest absolute Gasteiger partial charge is 0.410 e. The Morgan fingerprint density at radius 3 is 2.83 bits per heavy atom. The van der Waals surface area contributed by atoms with Crippen molar-refractivity contribution in [1.82, 2.24) is 4.90 Å². The molecule has 1 aliphatic rings. The van der Waals surface area contributed by atoms with Gasteiger partial charge in [0, 0.05) is 6.04 Å². The van der Waals surface area contributed by atoms with Crippen LogP contribution in [0.5, 0.6) is 0 Å². The lowest BCUT2D eigenvalue weighted by Gasteiger charge is -2.31. The van der Waals surface area contributed by atoms with Crippen LogP contribution in [0.4, 0.5) is 4.79 Å². The topological polar surface area (TPSA) is 49.8 Å². The second kappa shape index (κ2) is 8.73. The highest BCUT2D eigenvalue weighted by Gasteiger charge is 2.40. The lowest BCUT2D eigenvalue weighted by molar-refractivity contribution is 0.0481. The summed E-state index contributed by atoms with van der Waals surface area (Å²) in [5.74, 6) is 0. The summed E-state index contributed by atoms with van der Waals surface area (Å²) in [6.07, 6.45) is 5.30. The predicted octanol–water partition coefficient (Wildman–Crippen LogP) is 3.89. The molecule has 0 unspecified atom stereocenters. The van der Waals surface area contributed by atoms with Gasteiger partial charge in [-0.05, 0) is 24.8 Å². The van der Waals surface area contributed by atoms with Gasteiger partial charge in [0.1, 0.15) is 6.61 Å². The molecule has 4 nitrogen and oxygen atoms in total. The van der Waals surface area contributed by atoms with Crippen LogP contribution in [0.25, 0.3) is 0 Å². The Morgan fingerprint density at radius 2 is 2.17 bits per heavy atom. The van der Waals surface area contributed by atoms with Gasteiger partial charge in [-0.2, -0.15) is 0 Å². The molecule has 0 saturated carbocycles. The van der Waals surface area contributed by atoms with Crippen LogP contribution in [0, 0.1) is 0 Å². The fourth-order valence-corrected chi connectivity index (χ4v) is 3.21. The second-order valence-corrected chi connectivity index (χ2v) is 6.11. The SMILES string of the molecule is C=C[C@H](O)[C@@H]1CC[C@H](CCCC)N1C(=O)OCc1ccccc1. The zero-order valence-corrected chi connectivity index (χ0v) is 13.9. The summed E-state index contributed by atoms with van der Waals surface area (Å²) in [5.41, 5.74) is 0.964. The van der Waals surface area contributed by atoms with Gasteiger partial charge < -0.3 is 9.84 Å². The number of carbonyl (C=O) groups is 1. The van der Waals surface area contributed by atoms with Crippen molar-refractivity contribution in [2.45, 2.75) is 63.8 Å². The van der Waals surface area contributed by atoms with Gasteiger partial charge in [-0.1, -0.05) is 56.2 Å². The van der Waals surface area contributed by atoms with Crippen LogP contribution in [0.2, 0.25) is 0 Å². The van der Waals surface area contributed by atoms with Crippen LogP contribution in [-0.2, 0) is 11.3 Å².